The Morgan fingerprint density at radius 1 is 1.43 bits per heavy atom. The number of fused-ring (bicyclic) bond motifs is 1. The summed E-state index contributed by atoms with van der Waals surface area (Å²) in [4.78, 5) is 2.05. The van der Waals surface area contributed by atoms with E-state index in [9.17, 15) is 0 Å². The van der Waals surface area contributed by atoms with E-state index in [2.05, 4.69) is 11.0 Å². The first-order chi connectivity index (χ1) is 6.70. The van der Waals surface area contributed by atoms with Crippen molar-refractivity contribution in [2.75, 3.05) is 25.6 Å². The van der Waals surface area contributed by atoms with Crippen molar-refractivity contribution in [3.05, 3.63) is 23.8 Å². The van der Waals surface area contributed by atoms with Crippen LogP contribution in [0.4, 0.5) is 5.69 Å². The molecular weight excluding hydrogens is 176 g/mol. The molecule has 0 radical (unpaired) electrons. The lowest BCUT2D eigenvalue weighted by molar-refractivity contribution is 0.270. The lowest BCUT2D eigenvalue weighted by Crippen LogP contribution is -2.22. The molecule has 0 saturated heterocycles. The van der Waals surface area contributed by atoms with Gasteiger partial charge >= 0.3 is 0 Å². The van der Waals surface area contributed by atoms with Gasteiger partial charge in [0.25, 0.3) is 0 Å². The number of hydrogen-bond donors (Lipinski definition) is 1. The molecule has 0 aliphatic carbocycles. The normalized spacial score (nSPS) is 19.8. The van der Waals surface area contributed by atoms with Crippen molar-refractivity contribution in [1.29, 1.82) is 0 Å². The lowest BCUT2D eigenvalue weighted by Gasteiger charge is -2.27. The van der Waals surface area contributed by atoms with Crippen LogP contribution in [-0.4, -0.2) is 20.7 Å². The maximum Gasteiger partial charge on any atom is 0.147 e. The van der Waals surface area contributed by atoms with Crippen molar-refractivity contribution in [2.45, 2.75) is 12.5 Å². The predicted octanol–water partition coefficient (Wildman–Crippen LogP) is 1.53. The molecule has 0 aromatic heterocycles. The number of nitrogens with zero attached hydrogens (tertiary/aromatic N) is 1. The van der Waals surface area contributed by atoms with Crippen LogP contribution in [-0.2, 0) is 0 Å². The fourth-order valence-electron chi connectivity index (χ4n) is 1.79. The minimum Gasteiger partial charge on any atom is -0.491 e. The van der Waals surface area contributed by atoms with Gasteiger partial charge in [0.2, 0.25) is 0 Å². The van der Waals surface area contributed by atoms with E-state index in [1.54, 1.807) is 0 Å². The number of rotatable bonds is 1. The average molecular weight is 192 g/mol. The maximum atomic E-state index is 6.02. The Morgan fingerprint density at radius 2 is 2.21 bits per heavy atom. The number of benzene rings is 1. The Labute approximate surface area is 84.5 Å². The molecule has 2 rings (SSSR count). The summed E-state index contributed by atoms with van der Waals surface area (Å²) in [6.07, 6.45) is 0.907. The van der Waals surface area contributed by atoms with Crippen LogP contribution in [0.5, 0.6) is 5.75 Å². The van der Waals surface area contributed by atoms with Crippen molar-refractivity contribution in [3.63, 3.8) is 0 Å². The van der Waals surface area contributed by atoms with E-state index in [0.29, 0.717) is 0 Å². The number of ether oxygens (including phenoxy) is 1. The highest BCUT2D eigenvalue weighted by Crippen LogP contribution is 2.37. The van der Waals surface area contributed by atoms with Crippen LogP contribution in [0.3, 0.4) is 0 Å². The topological polar surface area (TPSA) is 38.5 Å². The molecule has 2 N–H and O–H groups in total. The zero-order valence-electron chi connectivity index (χ0n) is 8.66. The molecule has 1 aliphatic heterocycles. The molecule has 0 amide bonds. The summed E-state index contributed by atoms with van der Waals surface area (Å²) in [5.41, 5.74) is 8.25. The molecule has 0 fully saturated rings. The van der Waals surface area contributed by atoms with Crippen LogP contribution in [0.25, 0.3) is 0 Å². The molecule has 0 bridgehead atoms. The van der Waals surface area contributed by atoms with Gasteiger partial charge in [0.05, 0.1) is 12.3 Å². The van der Waals surface area contributed by atoms with E-state index < -0.39 is 0 Å². The SMILES string of the molecule is CN(C)c1cccc2c1OCC[C@@H]2N. The van der Waals surface area contributed by atoms with E-state index in [4.69, 9.17) is 10.5 Å². The molecule has 1 aliphatic rings. The molecule has 76 valence electrons. The number of nitrogens with two attached hydrogens (primary N) is 1. The first kappa shape index (κ1) is 9.34. The fraction of sp³-hybridized carbons (Fsp3) is 0.455. The van der Waals surface area contributed by atoms with Crippen molar-refractivity contribution >= 4 is 5.69 Å². The highest BCUT2D eigenvalue weighted by Gasteiger charge is 2.20. The second-order valence-electron chi connectivity index (χ2n) is 3.83. The molecule has 0 unspecified atom stereocenters. The number of para-hydroxylation sites is 1. The summed E-state index contributed by atoms with van der Waals surface area (Å²) >= 11 is 0. The van der Waals surface area contributed by atoms with E-state index in [1.165, 1.54) is 0 Å². The molecule has 3 nitrogen and oxygen atoms in total. The minimum absolute atomic E-state index is 0.124. The Hall–Kier alpha value is -1.22. The summed E-state index contributed by atoms with van der Waals surface area (Å²) in [6.45, 7) is 0.721. The third kappa shape index (κ3) is 1.44. The van der Waals surface area contributed by atoms with Gasteiger partial charge in [0.1, 0.15) is 5.75 Å². The molecular formula is C11H16N2O. The standard InChI is InChI=1S/C11H16N2O/c1-13(2)10-5-3-4-8-9(12)6-7-14-11(8)10/h3-5,9H,6-7,12H2,1-2H3/t9-/m0/s1. The van der Waals surface area contributed by atoms with E-state index in [-0.39, 0.29) is 6.04 Å². The van der Waals surface area contributed by atoms with E-state index in [1.807, 2.05) is 26.2 Å². The molecule has 1 heterocycles. The molecule has 1 aromatic rings. The van der Waals surface area contributed by atoms with Gasteiger partial charge in [0, 0.05) is 32.1 Å². The Balaban J connectivity index is 2.49. The summed E-state index contributed by atoms with van der Waals surface area (Å²) in [7, 11) is 4.03. The highest BCUT2D eigenvalue weighted by atomic mass is 16.5. The lowest BCUT2D eigenvalue weighted by atomic mass is 10.0. The third-order valence-electron chi connectivity index (χ3n) is 2.58. The van der Waals surface area contributed by atoms with Gasteiger partial charge in [-0.05, 0) is 6.07 Å². The Bertz CT molecular complexity index is 322. The molecule has 0 saturated carbocycles. The van der Waals surface area contributed by atoms with Crippen LogP contribution >= 0.6 is 0 Å². The summed E-state index contributed by atoms with van der Waals surface area (Å²) in [5, 5.41) is 0. The molecule has 3 heteroatoms. The van der Waals surface area contributed by atoms with Gasteiger partial charge in [-0.15, -0.1) is 0 Å². The van der Waals surface area contributed by atoms with Crippen LogP contribution in [0.15, 0.2) is 18.2 Å². The summed E-state index contributed by atoms with van der Waals surface area (Å²) in [6, 6.07) is 6.25. The fourth-order valence-corrected chi connectivity index (χ4v) is 1.79. The summed E-state index contributed by atoms with van der Waals surface area (Å²) in [5.74, 6) is 0.955. The van der Waals surface area contributed by atoms with Crippen LogP contribution in [0.1, 0.15) is 18.0 Å². The van der Waals surface area contributed by atoms with Crippen LogP contribution < -0.4 is 15.4 Å². The smallest absolute Gasteiger partial charge is 0.147 e. The number of hydrogen-bond acceptors (Lipinski definition) is 3. The highest BCUT2D eigenvalue weighted by molar-refractivity contribution is 5.62. The second kappa shape index (κ2) is 3.50. The average Bonchev–Trinajstić information content (AvgIpc) is 2.17. The maximum absolute atomic E-state index is 6.02. The first-order valence-corrected chi connectivity index (χ1v) is 4.89. The quantitative estimate of drug-likeness (QED) is 0.733. The van der Waals surface area contributed by atoms with Crippen molar-refractivity contribution in [1.82, 2.24) is 0 Å². The molecule has 0 spiro atoms. The molecule has 1 atom stereocenters. The van der Waals surface area contributed by atoms with Gasteiger partial charge < -0.3 is 15.4 Å². The zero-order chi connectivity index (χ0) is 10.1. The first-order valence-electron chi connectivity index (χ1n) is 4.89. The second-order valence-corrected chi connectivity index (χ2v) is 3.83. The molecule has 14 heavy (non-hydrogen) atoms. The number of anilines is 1. The largest absolute Gasteiger partial charge is 0.491 e. The van der Waals surface area contributed by atoms with Crippen molar-refractivity contribution in [3.8, 4) is 5.75 Å². The Kier molecular flexibility index (Phi) is 2.33. The zero-order valence-corrected chi connectivity index (χ0v) is 8.66. The van der Waals surface area contributed by atoms with E-state index >= 15 is 0 Å². The van der Waals surface area contributed by atoms with Gasteiger partial charge in [0.15, 0.2) is 0 Å². The third-order valence-corrected chi connectivity index (χ3v) is 2.58. The van der Waals surface area contributed by atoms with Crippen molar-refractivity contribution in [2.24, 2.45) is 5.73 Å². The van der Waals surface area contributed by atoms with Gasteiger partial charge in [-0.25, -0.2) is 0 Å². The monoisotopic (exact) mass is 192 g/mol. The van der Waals surface area contributed by atoms with Crippen LogP contribution in [0.2, 0.25) is 0 Å². The van der Waals surface area contributed by atoms with Gasteiger partial charge in [-0.1, -0.05) is 12.1 Å². The van der Waals surface area contributed by atoms with E-state index in [0.717, 1.165) is 30.0 Å². The Morgan fingerprint density at radius 3 is 2.93 bits per heavy atom. The minimum atomic E-state index is 0.124. The molecule has 1 aromatic carbocycles. The van der Waals surface area contributed by atoms with Crippen molar-refractivity contribution < 1.29 is 4.74 Å². The summed E-state index contributed by atoms with van der Waals surface area (Å²) < 4.78 is 5.66. The van der Waals surface area contributed by atoms with Gasteiger partial charge in [-0.3, -0.25) is 0 Å². The van der Waals surface area contributed by atoms with Crippen LogP contribution in [0, 0.1) is 0 Å². The predicted molar refractivity (Wildman–Crippen MR) is 57.8 cm³/mol. The van der Waals surface area contributed by atoms with Gasteiger partial charge in [-0.2, -0.15) is 0 Å².